The van der Waals surface area contributed by atoms with Crippen molar-refractivity contribution in [3.8, 4) is 11.4 Å². The molecular weight excluding hydrogens is 499 g/mol. The first-order valence-corrected chi connectivity index (χ1v) is 12.5. The molecule has 3 heterocycles. The van der Waals surface area contributed by atoms with E-state index in [9.17, 15) is 22.8 Å². The van der Waals surface area contributed by atoms with Crippen LogP contribution in [-0.4, -0.2) is 64.3 Å². The molecule has 38 heavy (non-hydrogen) atoms. The van der Waals surface area contributed by atoms with Crippen LogP contribution >= 0.6 is 0 Å². The normalized spacial score (nSPS) is 19.5. The molecule has 2 saturated heterocycles. The molecule has 2 aliphatic heterocycles. The smallest absolute Gasteiger partial charge is 0.411 e. The number of likely N-dealkylation sites (tertiary alicyclic amines) is 2. The second kappa shape index (κ2) is 10.5. The van der Waals surface area contributed by atoms with E-state index in [1.165, 1.54) is 34.7 Å². The lowest BCUT2D eigenvalue weighted by atomic mass is 10.0. The Morgan fingerprint density at radius 1 is 0.974 bits per heavy atom. The van der Waals surface area contributed by atoms with Gasteiger partial charge >= 0.3 is 12.3 Å². The summed E-state index contributed by atoms with van der Waals surface area (Å²) in [7, 11) is 0. The van der Waals surface area contributed by atoms with Crippen LogP contribution in [0.5, 0.6) is 5.75 Å². The molecule has 2 atom stereocenters. The van der Waals surface area contributed by atoms with E-state index in [-0.39, 0.29) is 23.3 Å². The van der Waals surface area contributed by atoms with Gasteiger partial charge in [0.15, 0.2) is 5.69 Å². The zero-order chi connectivity index (χ0) is 26.9. The number of hydrogen-bond donors (Lipinski definition) is 1. The van der Waals surface area contributed by atoms with E-state index >= 15 is 0 Å². The van der Waals surface area contributed by atoms with E-state index in [4.69, 9.17) is 10.5 Å². The highest BCUT2D eigenvalue weighted by Crippen LogP contribution is 2.37. The quantitative estimate of drug-likeness (QED) is 0.502. The third-order valence-corrected chi connectivity index (χ3v) is 7.20. The van der Waals surface area contributed by atoms with Gasteiger partial charge in [-0.25, -0.2) is 9.48 Å². The summed E-state index contributed by atoms with van der Waals surface area (Å²) in [5.74, 6) is -0.0889. The van der Waals surface area contributed by atoms with Crippen LogP contribution in [0.1, 0.15) is 28.0 Å². The molecule has 2 fully saturated rings. The topological polar surface area (TPSA) is 93.7 Å². The number of ether oxygens (including phenoxy) is 1. The van der Waals surface area contributed by atoms with Crippen LogP contribution in [0.25, 0.3) is 5.69 Å². The predicted molar refractivity (Wildman–Crippen MR) is 133 cm³/mol. The second-order valence-electron chi connectivity index (χ2n) is 9.81. The minimum atomic E-state index is -4.81. The molecule has 5 rings (SSSR count). The van der Waals surface area contributed by atoms with E-state index in [1.54, 1.807) is 0 Å². The van der Waals surface area contributed by atoms with Crippen molar-refractivity contribution in [1.29, 1.82) is 0 Å². The van der Waals surface area contributed by atoms with E-state index in [2.05, 4.69) is 22.1 Å². The molecule has 0 aliphatic carbocycles. The van der Waals surface area contributed by atoms with Gasteiger partial charge in [-0.2, -0.15) is 18.3 Å². The Balaban J connectivity index is 1.24. The third-order valence-electron chi connectivity index (χ3n) is 7.20. The number of amides is 2. The minimum Gasteiger partial charge on any atom is -0.411 e. The maximum absolute atomic E-state index is 14.1. The molecule has 2 amide bonds. The average Bonchev–Trinajstić information content (AvgIpc) is 3.58. The Labute approximate surface area is 217 Å². The van der Waals surface area contributed by atoms with Crippen LogP contribution in [0.15, 0.2) is 60.8 Å². The van der Waals surface area contributed by atoms with Gasteiger partial charge in [-0.3, -0.25) is 4.79 Å². The van der Waals surface area contributed by atoms with Gasteiger partial charge in [0.05, 0.1) is 17.4 Å². The highest BCUT2D eigenvalue weighted by molar-refractivity contribution is 5.95. The summed E-state index contributed by atoms with van der Waals surface area (Å²) in [6.45, 7) is 3.51. The Morgan fingerprint density at radius 3 is 2.24 bits per heavy atom. The molecule has 2 aromatic carbocycles. The zero-order valence-electron chi connectivity index (χ0n) is 20.6. The molecule has 8 nitrogen and oxygen atoms in total. The largest absolute Gasteiger partial charge is 0.434 e. The first-order chi connectivity index (χ1) is 18.2. The number of hydrogen-bond acceptors (Lipinski definition) is 5. The Morgan fingerprint density at radius 2 is 1.63 bits per heavy atom. The number of alkyl halides is 3. The van der Waals surface area contributed by atoms with Crippen molar-refractivity contribution >= 4 is 12.0 Å². The summed E-state index contributed by atoms with van der Waals surface area (Å²) in [6, 6.07) is 15.5. The summed E-state index contributed by atoms with van der Waals surface area (Å²) in [5, 5.41) is 3.89. The average molecular weight is 528 g/mol. The number of fused-ring (bicyclic) bond motifs is 1. The molecule has 1 aromatic heterocycles. The standard InChI is InChI=1S/C27H28F3N5O3/c28-27(29,30)24-23(13-32-35(24)21-8-10-22(11-9-21)38-26(31)37)25(36)34-16-19-14-33(15-20(19)17-34)12-4-7-18-5-2-1-3-6-18/h1-3,5-6,8-11,13,19-20H,4,7,12,14-17H2,(H2,31,37)/t19-,20?/m0/s1. The second-order valence-corrected chi connectivity index (χ2v) is 9.81. The van der Waals surface area contributed by atoms with Crippen LogP contribution in [0.2, 0.25) is 0 Å². The van der Waals surface area contributed by atoms with E-state index < -0.39 is 29.4 Å². The van der Waals surface area contributed by atoms with Gasteiger partial charge in [-0.05, 0) is 61.1 Å². The van der Waals surface area contributed by atoms with Gasteiger partial charge in [-0.15, -0.1) is 0 Å². The number of nitrogens with zero attached hydrogens (tertiary/aromatic N) is 4. The number of halogens is 3. The molecule has 2 aliphatic rings. The first-order valence-electron chi connectivity index (χ1n) is 12.5. The SMILES string of the molecule is NC(=O)Oc1ccc(-n2ncc(C(=O)N3CC4CN(CCCc5ccccc5)C[C@H]4C3)c2C(F)(F)F)cc1. The van der Waals surface area contributed by atoms with Gasteiger partial charge in [0.1, 0.15) is 5.75 Å². The van der Waals surface area contributed by atoms with Crippen LogP contribution < -0.4 is 10.5 Å². The monoisotopic (exact) mass is 527 g/mol. The van der Waals surface area contributed by atoms with Gasteiger partial charge in [0.25, 0.3) is 5.91 Å². The fourth-order valence-electron chi connectivity index (χ4n) is 5.51. The zero-order valence-corrected chi connectivity index (χ0v) is 20.6. The summed E-state index contributed by atoms with van der Waals surface area (Å²) >= 11 is 0. The van der Waals surface area contributed by atoms with Crippen molar-refractivity contribution in [3.63, 3.8) is 0 Å². The molecule has 0 radical (unpaired) electrons. The lowest BCUT2D eigenvalue weighted by Gasteiger charge is -2.22. The number of nitrogens with two attached hydrogens (primary N) is 1. The van der Waals surface area contributed by atoms with Crippen LogP contribution in [0.4, 0.5) is 18.0 Å². The Kier molecular flexibility index (Phi) is 7.11. The molecule has 200 valence electrons. The summed E-state index contributed by atoms with van der Waals surface area (Å²) in [5.41, 5.74) is 4.73. The van der Waals surface area contributed by atoms with E-state index in [0.717, 1.165) is 38.7 Å². The summed E-state index contributed by atoms with van der Waals surface area (Å²) in [4.78, 5) is 28.1. The molecular formula is C27H28F3N5O3. The number of aromatic nitrogens is 2. The van der Waals surface area contributed by atoms with E-state index in [1.807, 2.05) is 18.2 Å². The first kappa shape index (κ1) is 25.8. The molecule has 1 unspecified atom stereocenters. The van der Waals surface area contributed by atoms with E-state index in [0.29, 0.717) is 17.8 Å². The summed E-state index contributed by atoms with van der Waals surface area (Å²) < 4.78 is 47.8. The molecule has 11 heteroatoms. The Bertz CT molecular complexity index is 1280. The number of aryl methyl sites for hydroxylation is 1. The van der Waals surface area contributed by atoms with Gasteiger partial charge in [-0.1, -0.05) is 30.3 Å². The fraction of sp³-hybridized carbons (Fsp3) is 0.370. The van der Waals surface area contributed by atoms with Crippen molar-refractivity contribution in [2.75, 3.05) is 32.7 Å². The predicted octanol–water partition coefficient (Wildman–Crippen LogP) is 3.99. The number of rotatable bonds is 7. The fourth-order valence-corrected chi connectivity index (χ4v) is 5.51. The van der Waals surface area contributed by atoms with Crippen LogP contribution in [0, 0.1) is 11.8 Å². The molecule has 0 bridgehead atoms. The maximum Gasteiger partial charge on any atom is 0.434 e. The van der Waals surface area contributed by atoms with Gasteiger partial charge < -0.3 is 20.3 Å². The van der Waals surface area contributed by atoms with Crippen molar-refractivity contribution in [1.82, 2.24) is 19.6 Å². The number of benzene rings is 2. The van der Waals surface area contributed by atoms with Crippen molar-refractivity contribution < 1.29 is 27.5 Å². The van der Waals surface area contributed by atoms with Gasteiger partial charge in [0, 0.05) is 26.2 Å². The lowest BCUT2D eigenvalue weighted by molar-refractivity contribution is -0.143. The van der Waals surface area contributed by atoms with Crippen LogP contribution in [0.3, 0.4) is 0 Å². The van der Waals surface area contributed by atoms with Crippen molar-refractivity contribution in [2.45, 2.75) is 19.0 Å². The molecule has 0 saturated carbocycles. The number of primary amides is 1. The minimum absolute atomic E-state index is 0.0673. The molecule has 2 N–H and O–H groups in total. The Hall–Kier alpha value is -3.86. The summed E-state index contributed by atoms with van der Waals surface area (Å²) in [6.07, 6.45) is -2.83. The highest BCUT2D eigenvalue weighted by atomic mass is 19.4. The number of carbonyl (C=O) groups excluding carboxylic acids is 2. The van der Waals surface area contributed by atoms with Gasteiger partial charge in [0.2, 0.25) is 0 Å². The third kappa shape index (κ3) is 5.52. The molecule has 3 aromatic rings. The highest BCUT2D eigenvalue weighted by Gasteiger charge is 2.45. The molecule has 0 spiro atoms. The van der Waals surface area contributed by atoms with Crippen LogP contribution in [-0.2, 0) is 12.6 Å². The number of carbonyl (C=O) groups is 2. The lowest BCUT2D eigenvalue weighted by Crippen LogP contribution is -2.34. The van der Waals surface area contributed by atoms with Crippen molar-refractivity contribution in [2.24, 2.45) is 17.6 Å². The maximum atomic E-state index is 14.1. The van der Waals surface area contributed by atoms with Crippen molar-refractivity contribution in [3.05, 3.63) is 77.6 Å².